The molecule has 0 saturated heterocycles. The van der Waals surface area contributed by atoms with Crippen LogP contribution < -0.4 is 5.73 Å². The highest BCUT2D eigenvalue weighted by Gasteiger charge is 2.32. The molecule has 0 bridgehead atoms. The summed E-state index contributed by atoms with van der Waals surface area (Å²) < 4.78 is 38.4. The number of tetrazole rings is 1. The van der Waals surface area contributed by atoms with Crippen LogP contribution in [0.5, 0.6) is 0 Å². The number of hydrogen-bond donors (Lipinski definition) is 1. The van der Waals surface area contributed by atoms with E-state index in [0.29, 0.717) is 16.3 Å². The molecule has 1 aromatic carbocycles. The topological polar surface area (TPSA) is 69.6 Å². The zero-order valence-electron chi connectivity index (χ0n) is 10.4. The van der Waals surface area contributed by atoms with E-state index < -0.39 is 18.6 Å². The van der Waals surface area contributed by atoms with Crippen molar-refractivity contribution < 1.29 is 13.2 Å². The van der Waals surface area contributed by atoms with Gasteiger partial charge in [-0.25, -0.2) is 4.68 Å². The van der Waals surface area contributed by atoms with Crippen LogP contribution in [0.2, 0.25) is 5.02 Å². The van der Waals surface area contributed by atoms with Crippen molar-refractivity contribution in [2.24, 2.45) is 0 Å². The summed E-state index contributed by atoms with van der Waals surface area (Å²) in [5.74, 6) is 0.213. The Morgan fingerprint density at radius 1 is 1.40 bits per heavy atom. The minimum Gasteiger partial charge on any atom is -0.398 e. The lowest BCUT2D eigenvalue weighted by Crippen LogP contribution is -2.18. The maximum absolute atomic E-state index is 12.4. The predicted octanol–water partition coefficient (Wildman–Crippen LogP) is 3.09. The van der Waals surface area contributed by atoms with Crippen LogP contribution in [-0.4, -0.2) is 26.4 Å². The average molecular weight is 306 g/mol. The van der Waals surface area contributed by atoms with Crippen molar-refractivity contribution in [3.8, 4) is 11.4 Å². The van der Waals surface area contributed by atoms with Gasteiger partial charge in [0.05, 0.1) is 23.2 Å². The van der Waals surface area contributed by atoms with Crippen LogP contribution in [0.4, 0.5) is 18.9 Å². The van der Waals surface area contributed by atoms with Gasteiger partial charge in [0.2, 0.25) is 0 Å². The molecule has 0 amide bonds. The molecule has 1 heterocycles. The van der Waals surface area contributed by atoms with Crippen LogP contribution in [0.15, 0.2) is 18.2 Å². The molecular formula is C11H11ClF3N5. The average Bonchev–Trinajstić information content (AvgIpc) is 2.79. The van der Waals surface area contributed by atoms with Gasteiger partial charge in [0.25, 0.3) is 0 Å². The van der Waals surface area contributed by atoms with Crippen LogP contribution in [0.1, 0.15) is 19.4 Å². The van der Waals surface area contributed by atoms with Gasteiger partial charge in [-0.2, -0.15) is 13.2 Å². The normalized spacial score (nSPS) is 13.4. The Hall–Kier alpha value is -1.83. The number of alkyl halides is 3. The highest BCUT2D eigenvalue weighted by molar-refractivity contribution is 6.33. The summed E-state index contributed by atoms with van der Waals surface area (Å²) >= 11 is 5.80. The summed E-state index contributed by atoms with van der Waals surface area (Å²) in [4.78, 5) is 0. The Labute approximate surface area is 117 Å². The molecule has 9 heteroatoms. The second kappa shape index (κ2) is 5.28. The molecule has 1 aromatic heterocycles. The van der Waals surface area contributed by atoms with Crippen LogP contribution in [-0.2, 0) is 0 Å². The molecule has 0 radical (unpaired) electrons. The molecule has 20 heavy (non-hydrogen) atoms. The summed E-state index contributed by atoms with van der Waals surface area (Å²) in [6.45, 7) is 1.40. The second-order valence-electron chi connectivity index (χ2n) is 4.35. The molecule has 0 aliphatic rings. The molecule has 108 valence electrons. The Morgan fingerprint density at radius 2 is 2.10 bits per heavy atom. The standard InChI is InChI=1S/C11H11ClF3N5/c1-6(5-11(13,14)15)20-10(17-18-19-20)7-2-3-8(12)9(16)4-7/h2-4,6H,5,16H2,1H3. The molecule has 5 nitrogen and oxygen atoms in total. The lowest BCUT2D eigenvalue weighted by atomic mass is 10.1. The van der Waals surface area contributed by atoms with Gasteiger partial charge in [-0.15, -0.1) is 5.10 Å². The SMILES string of the molecule is CC(CC(F)(F)F)n1nnnc1-c1ccc(Cl)c(N)c1. The first-order valence-electron chi connectivity index (χ1n) is 5.68. The van der Waals surface area contributed by atoms with Crippen molar-refractivity contribution in [3.05, 3.63) is 23.2 Å². The first-order valence-corrected chi connectivity index (χ1v) is 6.06. The number of nitrogen functional groups attached to an aromatic ring is 1. The molecule has 2 rings (SSSR count). The van der Waals surface area contributed by atoms with Gasteiger partial charge in [-0.3, -0.25) is 0 Å². The van der Waals surface area contributed by atoms with Gasteiger partial charge in [0.15, 0.2) is 5.82 Å². The molecular weight excluding hydrogens is 295 g/mol. The van der Waals surface area contributed by atoms with Crippen molar-refractivity contribution in [2.45, 2.75) is 25.6 Å². The van der Waals surface area contributed by atoms with Crippen LogP contribution in [0, 0.1) is 0 Å². The highest BCUT2D eigenvalue weighted by atomic mass is 35.5. The zero-order chi connectivity index (χ0) is 14.9. The summed E-state index contributed by atoms with van der Waals surface area (Å²) in [5, 5.41) is 11.1. The van der Waals surface area contributed by atoms with Gasteiger partial charge in [-0.05, 0) is 35.5 Å². The third kappa shape index (κ3) is 3.19. The number of nitrogens with zero attached hydrogens (tertiary/aromatic N) is 4. The monoisotopic (exact) mass is 305 g/mol. The van der Waals surface area contributed by atoms with E-state index in [1.165, 1.54) is 13.0 Å². The number of halogens is 4. The van der Waals surface area contributed by atoms with Gasteiger partial charge in [0.1, 0.15) is 0 Å². The van der Waals surface area contributed by atoms with Crippen LogP contribution in [0.25, 0.3) is 11.4 Å². The lowest BCUT2D eigenvalue weighted by Gasteiger charge is -2.15. The molecule has 1 atom stereocenters. The Kier molecular flexibility index (Phi) is 3.85. The minimum atomic E-state index is -4.29. The molecule has 0 fully saturated rings. The van der Waals surface area contributed by atoms with E-state index in [1.807, 2.05) is 0 Å². The number of aromatic nitrogens is 4. The fraction of sp³-hybridized carbons (Fsp3) is 0.364. The third-order valence-electron chi connectivity index (χ3n) is 2.69. The van der Waals surface area contributed by atoms with Crippen molar-refractivity contribution in [3.63, 3.8) is 0 Å². The van der Waals surface area contributed by atoms with Gasteiger partial charge >= 0.3 is 6.18 Å². The van der Waals surface area contributed by atoms with Gasteiger partial charge in [0, 0.05) is 5.56 Å². The molecule has 1 unspecified atom stereocenters. The van der Waals surface area contributed by atoms with E-state index in [0.717, 1.165) is 4.68 Å². The van der Waals surface area contributed by atoms with E-state index in [2.05, 4.69) is 15.5 Å². The fourth-order valence-electron chi connectivity index (χ4n) is 1.78. The number of benzene rings is 1. The summed E-state index contributed by atoms with van der Waals surface area (Å²) in [5.41, 5.74) is 6.48. The summed E-state index contributed by atoms with van der Waals surface area (Å²) in [6, 6.07) is 3.74. The highest BCUT2D eigenvalue weighted by Crippen LogP contribution is 2.30. The number of anilines is 1. The fourth-order valence-corrected chi connectivity index (χ4v) is 1.90. The molecule has 2 aromatic rings. The molecule has 0 spiro atoms. The van der Waals surface area contributed by atoms with Gasteiger partial charge < -0.3 is 5.73 Å². The van der Waals surface area contributed by atoms with Crippen LogP contribution in [0.3, 0.4) is 0 Å². The first kappa shape index (κ1) is 14.6. The van der Waals surface area contributed by atoms with E-state index in [4.69, 9.17) is 17.3 Å². The van der Waals surface area contributed by atoms with Crippen molar-refractivity contribution >= 4 is 17.3 Å². The third-order valence-corrected chi connectivity index (χ3v) is 3.04. The molecule has 0 saturated carbocycles. The summed E-state index contributed by atoms with van der Waals surface area (Å²) in [7, 11) is 0. The van der Waals surface area contributed by atoms with Crippen molar-refractivity contribution in [1.82, 2.24) is 20.2 Å². The maximum atomic E-state index is 12.4. The van der Waals surface area contributed by atoms with Crippen LogP contribution >= 0.6 is 11.6 Å². The minimum absolute atomic E-state index is 0.213. The maximum Gasteiger partial charge on any atom is 0.391 e. The largest absolute Gasteiger partial charge is 0.398 e. The Balaban J connectivity index is 2.35. The van der Waals surface area contributed by atoms with Gasteiger partial charge in [-0.1, -0.05) is 11.6 Å². The quantitative estimate of drug-likeness (QED) is 0.885. The lowest BCUT2D eigenvalue weighted by molar-refractivity contribution is -0.142. The molecule has 0 aliphatic heterocycles. The smallest absolute Gasteiger partial charge is 0.391 e. The number of rotatable bonds is 3. The number of hydrogen-bond acceptors (Lipinski definition) is 4. The predicted molar refractivity (Wildman–Crippen MR) is 68.1 cm³/mol. The van der Waals surface area contributed by atoms with E-state index >= 15 is 0 Å². The van der Waals surface area contributed by atoms with E-state index in [-0.39, 0.29) is 5.82 Å². The Bertz CT molecular complexity index is 610. The molecule has 2 N–H and O–H groups in total. The molecule has 0 aliphatic carbocycles. The van der Waals surface area contributed by atoms with Crippen molar-refractivity contribution in [1.29, 1.82) is 0 Å². The Morgan fingerprint density at radius 3 is 2.70 bits per heavy atom. The van der Waals surface area contributed by atoms with E-state index in [1.54, 1.807) is 12.1 Å². The zero-order valence-corrected chi connectivity index (χ0v) is 11.2. The summed E-state index contributed by atoms with van der Waals surface area (Å²) in [6.07, 6.45) is -5.31. The second-order valence-corrected chi connectivity index (χ2v) is 4.76. The van der Waals surface area contributed by atoms with E-state index in [9.17, 15) is 13.2 Å². The number of nitrogens with two attached hydrogens (primary N) is 1. The first-order chi connectivity index (χ1) is 9.28. The van der Waals surface area contributed by atoms with Crippen molar-refractivity contribution in [2.75, 3.05) is 5.73 Å².